The van der Waals surface area contributed by atoms with E-state index in [4.69, 9.17) is 0 Å². The normalized spacial score (nSPS) is 32.3. The average molecular weight is 215 g/mol. The molecule has 0 saturated carbocycles. The second kappa shape index (κ2) is 3.64. The van der Waals surface area contributed by atoms with Gasteiger partial charge in [-0.2, -0.15) is 5.21 Å². The Bertz CT molecular complexity index is 288. The molecule has 2 saturated heterocycles. The summed E-state index contributed by atoms with van der Waals surface area (Å²) in [5, 5.41) is 20.6. The SMILES string of the molecule is O=C1CCC(=O)[N+]1(O)C1CCCCN1O. The van der Waals surface area contributed by atoms with E-state index >= 15 is 0 Å². The van der Waals surface area contributed by atoms with E-state index in [-0.39, 0.29) is 12.8 Å². The molecular weight excluding hydrogens is 200 g/mol. The molecule has 15 heavy (non-hydrogen) atoms. The molecule has 2 rings (SSSR count). The average Bonchev–Trinajstić information content (AvgIpc) is 2.48. The number of nitrogens with zero attached hydrogens (tertiary/aromatic N) is 2. The van der Waals surface area contributed by atoms with Crippen LogP contribution in [0.5, 0.6) is 0 Å². The number of amides is 2. The largest absolute Gasteiger partial charge is 0.355 e. The fraction of sp³-hybridized carbons (Fsp3) is 0.778. The second-order valence-corrected chi connectivity index (χ2v) is 4.11. The summed E-state index contributed by atoms with van der Waals surface area (Å²) in [6.45, 7) is 0.395. The molecule has 6 nitrogen and oxygen atoms in total. The molecule has 1 atom stereocenters. The van der Waals surface area contributed by atoms with E-state index in [1.54, 1.807) is 0 Å². The fourth-order valence-corrected chi connectivity index (χ4v) is 2.30. The Hall–Kier alpha value is -0.820. The minimum absolute atomic E-state index is 0.0691. The van der Waals surface area contributed by atoms with Crippen LogP contribution in [0.15, 0.2) is 0 Å². The van der Waals surface area contributed by atoms with Crippen molar-refractivity contribution < 1.29 is 24.6 Å². The summed E-state index contributed by atoms with van der Waals surface area (Å²) in [4.78, 5) is 23.0. The van der Waals surface area contributed by atoms with Crippen LogP contribution in [-0.2, 0) is 9.59 Å². The molecule has 0 aliphatic carbocycles. The number of piperidine rings is 1. The van der Waals surface area contributed by atoms with Gasteiger partial charge >= 0.3 is 11.8 Å². The summed E-state index contributed by atoms with van der Waals surface area (Å²) in [5.74, 6) is -1.02. The van der Waals surface area contributed by atoms with Gasteiger partial charge in [0.15, 0.2) is 0 Å². The van der Waals surface area contributed by atoms with Crippen LogP contribution in [0.25, 0.3) is 0 Å². The zero-order chi connectivity index (χ0) is 11.1. The number of rotatable bonds is 1. The number of carbonyl (C=O) groups is 2. The van der Waals surface area contributed by atoms with Crippen LogP contribution in [0, 0.1) is 0 Å². The van der Waals surface area contributed by atoms with Crippen molar-refractivity contribution in [3.8, 4) is 0 Å². The summed E-state index contributed by atoms with van der Waals surface area (Å²) in [7, 11) is 0. The first-order valence-corrected chi connectivity index (χ1v) is 5.20. The maximum Gasteiger partial charge on any atom is 0.355 e. The Morgan fingerprint density at radius 2 is 1.80 bits per heavy atom. The molecular formula is C9H15N2O4+. The number of hydrogen-bond donors (Lipinski definition) is 2. The van der Waals surface area contributed by atoms with Crippen molar-refractivity contribution in [3.63, 3.8) is 0 Å². The molecule has 2 N–H and O–H groups in total. The molecule has 2 fully saturated rings. The molecule has 2 aliphatic rings. The fourth-order valence-electron chi connectivity index (χ4n) is 2.30. The summed E-state index contributed by atoms with van der Waals surface area (Å²) in [6, 6.07) is 0. The predicted octanol–water partition coefficient (Wildman–Crippen LogP) is 0.241. The molecule has 0 aromatic heterocycles. The van der Waals surface area contributed by atoms with Crippen molar-refractivity contribution in [2.45, 2.75) is 38.3 Å². The summed E-state index contributed by atoms with van der Waals surface area (Å²) >= 11 is 0. The van der Waals surface area contributed by atoms with Crippen LogP contribution < -0.4 is 0 Å². The topological polar surface area (TPSA) is 77.8 Å². The van der Waals surface area contributed by atoms with E-state index in [0.717, 1.165) is 17.9 Å². The van der Waals surface area contributed by atoms with Crippen LogP contribution in [0.2, 0.25) is 0 Å². The second-order valence-electron chi connectivity index (χ2n) is 4.11. The Kier molecular flexibility index (Phi) is 2.59. The highest BCUT2D eigenvalue weighted by Gasteiger charge is 2.57. The minimum atomic E-state index is -1.23. The predicted molar refractivity (Wildman–Crippen MR) is 47.4 cm³/mol. The van der Waals surface area contributed by atoms with Gasteiger partial charge in [-0.3, -0.25) is 0 Å². The van der Waals surface area contributed by atoms with Crippen molar-refractivity contribution in [1.82, 2.24) is 5.06 Å². The van der Waals surface area contributed by atoms with Crippen molar-refractivity contribution >= 4 is 11.8 Å². The highest BCUT2D eigenvalue weighted by atomic mass is 16.6. The van der Waals surface area contributed by atoms with Gasteiger partial charge in [-0.1, -0.05) is 0 Å². The molecule has 0 aromatic carbocycles. The van der Waals surface area contributed by atoms with Gasteiger partial charge in [0.05, 0.1) is 12.8 Å². The molecule has 84 valence electrons. The first kappa shape index (κ1) is 10.7. The molecule has 0 bridgehead atoms. The van der Waals surface area contributed by atoms with Crippen molar-refractivity contribution in [2.24, 2.45) is 0 Å². The standard InChI is InChI=1S/C9H15N2O4/c12-8-4-5-9(13)11(8,15)7-3-1-2-6-10(7)14/h7,14-15H,1-6H2/q+1. The molecule has 6 heteroatoms. The first-order chi connectivity index (χ1) is 7.06. The van der Waals surface area contributed by atoms with Gasteiger partial charge in [0.25, 0.3) is 0 Å². The monoisotopic (exact) mass is 215 g/mol. The zero-order valence-corrected chi connectivity index (χ0v) is 8.43. The van der Waals surface area contributed by atoms with Gasteiger partial charge in [-0.15, -0.1) is 5.06 Å². The Morgan fingerprint density at radius 3 is 2.33 bits per heavy atom. The maximum atomic E-state index is 11.5. The highest BCUT2D eigenvalue weighted by Crippen LogP contribution is 2.30. The number of quaternary nitrogens is 1. The van der Waals surface area contributed by atoms with E-state index in [9.17, 15) is 20.0 Å². The highest BCUT2D eigenvalue weighted by molar-refractivity contribution is 5.91. The quantitative estimate of drug-likeness (QED) is 0.372. The van der Waals surface area contributed by atoms with E-state index in [0.29, 0.717) is 13.0 Å². The van der Waals surface area contributed by atoms with Crippen LogP contribution in [0.4, 0.5) is 0 Å². The van der Waals surface area contributed by atoms with E-state index in [1.165, 1.54) is 0 Å². The minimum Gasteiger partial charge on any atom is -0.309 e. The number of imide groups is 1. The van der Waals surface area contributed by atoms with Crippen LogP contribution >= 0.6 is 0 Å². The molecule has 1 unspecified atom stereocenters. The molecule has 2 heterocycles. The number of carbonyl (C=O) groups excluding carboxylic acids is 2. The lowest BCUT2D eigenvalue weighted by atomic mass is 10.1. The number of hydrogen-bond acceptors (Lipinski definition) is 5. The Morgan fingerprint density at radius 1 is 1.20 bits per heavy atom. The van der Waals surface area contributed by atoms with Crippen LogP contribution in [0.3, 0.4) is 0 Å². The van der Waals surface area contributed by atoms with E-state index in [1.807, 2.05) is 0 Å². The van der Waals surface area contributed by atoms with Crippen molar-refractivity contribution in [1.29, 1.82) is 0 Å². The summed E-state index contributed by atoms with van der Waals surface area (Å²) in [5.41, 5.74) is 0. The third-order valence-corrected chi connectivity index (χ3v) is 3.19. The van der Waals surface area contributed by atoms with Gasteiger partial charge in [0.1, 0.15) is 0 Å². The van der Waals surface area contributed by atoms with Crippen LogP contribution in [-0.4, -0.2) is 44.6 Å². The summed E-state index contributed by atoms with van der Waals surface area (Å²) in [6.07, 6.45) is 1.42. The van der Waals surface area contributed by atoms with Gasteiger partial charge in [0, 0.05) is 13.0 Å². The van der Waals surface area contributed by atoms with Crippen LogP contribution in [0.1, 0.15) is 32.1 Å². The summed E-state index contributed by atoms with van der Waals surface area (Å²) < 4.78 is -1.23. The lowest BCUT2D eigenvalue weighted by Gasteiger charge is -2.36. The van der Waals surface area contributed by atoms with Gasteiger partial charge in [-0.25, -0.2) is 9.59 Å². The zero-order valence-electron chi connectivity index (χ0n) is 8.43. The third-order valence-electron chi connectivity index (χ3n) is 3.19. The van der Waals surface area contributed by atoms with Crippen molar-refractivity contribution in [2.75, 3.05) is 6.54 Å². The van der Waals surface area contributed by atoms with Gasteiger partial charge in [0.2, 0.25) is 6.17 Å². The number of likely N-dealkylation sites (tertiary alicyclic amines) is 1. The lowest BCUT2D eigenvalue weighted by molar-refractivity contribution is -1.01. The van der Waals surface area contributed by atoms with E-state index < -0.39 is 22.6 Å². The Labute approximate surface area is 87.2 Å². The first-order valence-electron chi connectivity index (χ1n) is 5.20. The van der Waals surface area contributed by atoms with E-state index in [2.05, 4.69) is 0 Å². The lowest BCUT2D eigenvalue weighted by Crippen LogP contribution is -2.63. The van der Waals surface area contributed by atoms with Crippen molar-refractivity contribution in [3.05, 3.63) is 0 Å². The smallest absolute Gasteiger partial charge is 0.309 e. The molecule has 0 radical (unpaired) electrons. The number of hydroxylamine groups is 5. The molecule has 2 amide bonds. The van der Waals surface area contributed by atoms with Gasteiger partial charge in [-0.05, 0) is 17.5 Å². The third kappa shape index (κ3) is 1.50. The molecule has 2 aliphatic heterocycles. The Balaban J connectivity index is 2.26. The van der Waals surface area contributed by atoms with Gasteiger partial charge < -0.3 is 5.21 Å². The molecule has 0 spiro atoms. The maximum absolute atomic E-state index is 11.5. The molecule has 0 aromatic rings.